The first-order valence-corrected chi connectivity index (χ1v) is 6.45. The maximum Gasteiger partial charge on any atom is 0.389 e. The lowest BCUT2D eigenvalue weighted by Crippen LogP contribution is -2.45. The van der Waals surface area contributed by atoms with Crippen LogP contribution in [0.25, 0.3) is 0 Å². The standard InChI is InChI=1S/C9H15F3N2S2/c1-13-3-5-14(6-4-13)8(15)16-7-2-9(10,11)12/h2-7H2,1H3. The number of hydrogen-bond donors (Lipinski definition) is 0. The molecule has 1 aliphatic heterocycles. The van der Waals surface area contributed by atoms with E-state index in [9.17, 15) is 13.2 Å². The Morgan fingerprint density at radius 1 is 1.25 bits per heavy atom. The summed E-state index contributed by atoms with van der Waals surface area (Å²) in [6.07, 6.45) is -4.85. The van der Waals surface area contributed by atoms with Crippen LogP contribution in [0.3, 0.4) is 0 Å². The molecule has 0 radical (unpaired) electrons. The van der Waals surface area contributed by atoms with Crippen LogP contribution in [0.4, 0.5) is 13.2 Å². The minimum Gasteiger partial charge on any atom is -0.355 e. The van der Waals surface area contributed by atoms with E-state index in [4.69, 9.17) is 12.2 Å². The summed E-state index contributed by atoms with van der Waals surface area (Å²) >= 11 is 6.23. The Hall–Kier alpha value is -0.0100. The summed E-state index contributed by atoms with van der Waals surface area (Å²) in [6, 6.07) is 0. The van der Waals surface area contributed by atoms with Gasteiger partial charge in [0.2, 0.25) is 0 Å². The van der Waals surface area contributed by atoms with Crippen LogP contribution in [0, 0.1) is 0 Å². The van der Waals surface area contributed by atoms with Gasteiger partial charge in [-0.25, -0.2) is 0 Å². The van der Waals surface area contributed by atoms with Crippen LogP contribution in [-0.2, 0) is 0 Å². The zero-order valence-electron chi connectivity index (χ0n) is 9.09. The first kappa shape index (κ1) is 14.1. The first-order valence-electron chi connectivity index (χ1n) is 5.05. The fraction of sp³-hybridized carbons (Fsp3) is 0.889. The normalized spacial score (nSPS) is 18.9. The third-order valence-corrected chi connectivity index (χ3v) is 3.90. The molecule has 0 saturated carbocycles. The third-order valence-electron chi connectivity index (χ3n) is 2.37. The van der Waals surface area contributed by atoms with E-state index in [1.54, 1.807) is 0 Å². The fourth-order valence-electron chi connectivity index (χ4n) is 1.33. The largest absolute Gasteiger partial charge is 0.389 e. The van der Waals surface area contributed by atoms with Crippen LogP contribution in [0.1, 0.15) is 6.42 Å². The molecular formula is C9H15F3N2S2. The quantitative estimate of drug-likeness (QED) is 0.711. The Kier molecular flexibility index (Phi) is 5.33. The highest BCUT2D eigenvalue weighted by Gasteiger charge is 2.27. The molecule has 0 aromatic carbocycles. The van der Waals surface area contributed by atoms with Crippen molar-refractivity contribution in [1.82, 2.24) is 9.80 Å². The summed E-state index contributed by atoms with van der Waals surface area (Å²) in [5.41, 5.74) is 0. The molecule has 0 aromatic rings. The number of rotatable bonds is 2. The molecule has 0 aromatic heterocycles. The molecule has 0 aliphatic carbocycles. The van der Waals surface area contributed by atoms with Crippen LogP contribution < -0.4 is 0 Å². The summed E-state index contributed by atoms with van der Waals surface area (Å²) in [4.78, 5) is 4.16. The van der Waals surface area contributed by atoms with Crippen molar-refractivity contribution in [3.05, 3.63) is 0 Å². The predicted octanol–water partition coefficient (Wildman–Crippen LogP) is 2.20. The van der Waals surface area contributed by atoms with Crippen LogP contribution in [0.15, 0.2) is 0 Å². The SMILES string of the molecule is CN1CCN(C(=S)SCCC(F)(F)F)CC1. The molecule has 1 aliphatic rings. The Bertz CT molecular complexity index is 237. The van der Waals surface area contributed by atoms with E-state index in [0.717, 1.165) is 37.9 Å². The Morgan fingerprint density at radius 3 is 2.31 bits per heavy atom. The molecule has 0 atom stereocenters. The maximum atomic E-state index is 11.9. The van der Waals surface area contributed by atoms with E-state index in [2.05, 4.69) is 4.90 Å². The van der Waals surface area contributed by atoms with Gasteiger partial charge >= 0.3 is 6.18 Å². The number of hydrogen-bond acceptors (Lipinski definition) is 3. The van der Waals surface area contributed by atoms with Gasteiger partial charge in [-0.3, -0.25) is 0 Å². The molecule has 7 heteroatoms. The molecule has 0 amide bonds. The van der Waals surface area contributed by atoms with Gasteiger partial charge in [0.25, 0.3) is 0 Å². The Labute approximate surface area is 103 Å². The van der Waals surface area contributed by atoms with Crippen molar-refractivity contribution in [3.8, 4) is 0 Å². The molecule has 2 nitrogen and oxygen atoms in total. The highest BCUT2D eigenvalue weighted by Crippen LogP contribution is 2.23. The number of thiocarbonyl (C=S) groups is 1. The topological polar surface area (TPSA) is 6.48 Å². The average Bonchev–Trinajstić information content (AvgIpc) is 2.16. The molecule has 16 heavy (non-hydrogen) atoms. The highest BCUT2D eigenvalue weighted by atomic mass is 32.2. The van der Waals surface area contributed by atoms with Gasteiger partial charge in [-0.2, -0.15) is 13.2 Å². The molecule has 94 valence electrons. The third kappa shape index (κ3) is 5.36. The van der Waals surface area contributed by atoms with Crippen molar-refractivity contribution in [2.45, 2.75) is 12.6 Å². The Balaban J connectivity index is 2.20. The number of thioether (sulfide) groups is 1. The Morgan fingerprint density at radius 2 is 1.81 bits per heavy atom. The maximum absolute atomic E-state index is 11.9. The summed E-state index contributed by atoms with van der Waals surface area (Å²) in [5.74, 6) is 0.0225. The van der Waals surface area contributed by atoms with Crippen molar-refractivity contribution >= 4 is 28.3 Å². The van der Waals surface area contributed by atoms with E-state index in [1.165, 1.54) is 0 Å². The van der Waals surface area contributed by atoms with Gasteiger partial charge in [0.15, 0.2) is 0 Å². The second-order valence-electron chi connectivity index (χ2n) is 3.77. The minimum absolute atomic E-state index is 0.0225. The lowest BCUT2D eigenvalue weighted by Gasteiger charge is -2.33. The molecule has 1 heterocycles. The average molecular weight is 272 g/mol. The predicted molar refractivity (Wildman–Crippen MR) is 64.8 cm³/mol. The zero-order valence-corrected chi connectivity index (χ0v) is 10.7. The number of nitrogens with zero attached hydrogens (tertiary/aromatic N) is 2. The first-order chi connectivity index (χ1) is 7.38. The minimum atomic E-state index is -4.08. The summed E-state index contributed by atoms with van der Waals surface area (Å²) in [7, 11) is 2.02. The van der Waals surface area contributed by atoms with Crippen LogP contribution in [0.2, 0.25) is 0 Å². The van der Waals surface area contributed by atoms with Gasteiger partial charge in [-0.1, -0.05) is 24.0 Å². The molecule has 0 N–H and O–H groups in total. The van der Waals surface area contributed by atoms with Gasteiger partial charge in [0.1, 0.15) is 4.32 Å². The summed E-state index contributed by atoms with van der Waals surface area (Å²) < 4.78 is 36.4. The second-order valence-corrected chi connectivity index (χ2v) is 5.50. The molecule has 1 saturated heterocycles. The van der Waals surface area contributed by atoms with Crippen LogP contribution in [0.5, 0.6) is 0 Å². The van der Waals surface area contributed by atoms with Crippen LogP contribution in [-0.4, -0.2) is 59.3 Å². The van der Waals surface area contributed by atoms with Gasteiger partial charge in [-0.15, -0.1) is 0 Å². The second kappa shape index (κ2) is 6.07. The number of halogens is 3. The van der Waals surface area contributed by atoms with Crippen molar-refractivity contribution in [2.75, 3.05) is 39.0 Å². The highest BCUT2D eigenvalue weighted by molar-refractivity contribution is 8.22. The smallest absolute Gasteiger partial charge is 0.355 e. The van der Waals surface area contributed by atoms with E-state index in [-0.39, 0.29) is 5.75 Å². The van der Waals surface area contributed by atoms with Crippen molar-refractivity contribution in [3.63, 3.8) is 0 Å². The lowest BCUT2D eigenvalue weighted by atomic mass is 10.4. The monoisotopic (exact) mass is 272 g/mol. The van der Waals surface area contributed by atoms with E-state index in [1.807, 2.05) is 11.9 Å². The van der Waals surface area contributed by atoms with Gasteiger partial charge in [-0.05, 0) is 7.05 Å². The molecule has 1 rings (SSSR count). The zero-order chi connectivity index (χ0) is 12.2. The summed E-state index contributed by atoms with van der Waals surface area (Å²) in [5, 5.41) is 0. The van der Waals surface area contributed by atoms with Crippen molar-refractivity contribution in [2.24, 2.45) is 0 Å². The van der Waals surface area contributed by atoms with Gasteiger partial charge in [0, 0.05) is 31.9 Å². The number of alkyl halides is 3. The molecule has 0 bridgehead atoms. The van der Waals surface area contributed by atoms with Crippen molar-refractivity contribution in [1.29, 1.82) is 0 Å². The van der Waals surface area contributed by atoms with Gasteiger partial charge in [0.05, 0.1) is 6.42 Å². The van der Waals surface area contributed by atoms with Gasteiger partial charge < -0.3 is 9.80 Å². The molecule has 1 fully saturated rings. The van der Waals surface area contributed by atoms with Crippen LogP contribution >= 0.6 is 24.0 Å². The molecule has 0 unspecified atom stereocenters. The number of likely N-dealkylation sites (N-methyl/N-ethyl adjacent to an activating group) is 1. The van der Waals surface area contributed by atoms with E-state index in [0.29, 0.717) is 4.32 Å². The molecular weight excluding hydrogens is 257 g/mol. The molecule has 0 spiro atoms. The fourth-order valence-corrected chi connectivity index (χ4v) is 2.64. The number of piperazine rings is 1. The summed E-state index contributed by atoms with van der Waals surface area (Å²) in [6.45, 7) is 3.46. The van der Waals surface area contributed by atoms with E-state index < -0.39 is 12.6 Å². The van der Waals surface area contributed by atoms with Crippen molar-refractivity contribution < 1.29 is 13.2 Å². The van der Waals surface area contributed by atoms with E-state index >= 15 is 0 Å². The lowest BCUT2D eigenvalue weighted by molar-refractivity contribution is -0.129.